The number of aromatic nitrogens is 2. The van der Waals surface area contributed by atoms with Gasteiger partial charge in [0.1, 0.15) is 11.6 Å². The molecule has 0 aliphatic rings. The van der Waals surface area contributed by atoms with Crippen LogP contribution in [0.3, 0.4) is 0 Å². The number of hydrogen-bond acceptors (Lipinski definition) is 1. The van der Waals surface area contributed by atoms with E-state index in [0.717, 1.165) is 16.8 Å². The zero-order chi connectivity index (χ0) is 14.3. The van der Waals surface area contributed by atoms with E-state index >= 15 is 0 Å². The van der Waals surface area contributed by atoms with Crippen LogP contribution < -0.4 is 0 Å². The van der Waals surface area contributed by atoms with Gasteiger partial charge in [-0.2, -0.15) is 0 Å². The minimum Gasteiger partial charge on any atom is -0.295 e. The van der Waals surface area contributed by atoms with E-state index in [1.165, 1.54) is 6.07 Å². The van der Waals surface area contributed by atoms with Crippen molar-refractivity contribution < 1.29 is 4.39 Å². The number of aryl methyl sites for hydroxylation is 1. The molecule has 20 heavy (non-hydrogen) atoms. The van der Waals surface area contributed by atoms with Crippen LogP contribution in [0.5, 0.6) is 0 Å². The smallest absolute Gasteiger partial charge is 0.144 e. The lowest BCUT2D eigenvalue weighted by atomic mass is 10.2. The highest BCUT2D eigenvalue weighted by Gasteiger charge is 2.14. The van der Waals surface area contributed by atoms with Crippen molar-refractivity contribution in [2.45, 2.75) is 12.8 Å². The molecule has 0 bridgehead atoms. The number of fused-ring (bicyclic) bond motifs is 1. The monoisotopic (exact) mass is 308 g/mol. The summed E-state index contributed by atoms with van der Waals surface area (Å²) in [6, 6.07) is 10.9. The lowest BCUT2D eigenvalue weighted by Gasteiger charge is -2.08. The van der Waals surface area contributed by atoms with Crippen LogP contribution in [-0.2, 0) is 5.88 Å². The van der Waals surface area contributed by atoms with Gasteiger partial charge < -0.3 is 0 Å². The van der Waals surface area contributed by atoms with Crippen molar-refractivity contribution in [2.75, 3.05) is 0 Å². The highest BCUT2D eigenvalue weighted by Crippen LogP contribution is 2.27. The topological polar surface area (TPSA) is 17.8 Å². The summed E-state index contributed by atoms with van der Waals surface area (Å²) in [6.45, 7) is 2.02. The second kappa shape index (κ2) is 5.08. The van der Waals surface area contributed by atoms with E-state index in [-0.39, 0.29) is 10.9 Å². The Morgan fingerprint density at radius 3 is 2.55 bits per heavy atom. The van der Waals surface area contributed by atoms with E-state index in [1.807, 2.05) is 35.8 Å². The summed E-state index contributed by atoms with van der Waals surface area (Å²) in [7, 11) is 0. The minimum atomic E-state index is -0.478. The summed E-state index contributed by atoms with van der Waals surface area (Å²) in [4.78, 5) is 4.36. The molecule has 0 fully saturated rings. The molecule has 0 saturated heterocycles. The normalized spacial score (nSPS) is 11.2. The molecule has 0 radical (unpaired) electrons. The van der Waals surface area contributed by atoms with Gasteiger partial charge in [-0.1, -0.05) is 29.3 Å². The Bertz CT molecular complexity index is 779. The van der Waals surface area contributed by atoms with Crippen LogP contribution in [0.2, 0.25) is 5.02 Å². The highest BCUT2D eigenvalue weighted by atomic mass is 35.5. The first-order chi connectivity index (χ1) is 9.60. The molecule has 3 rings (SSSR count). The van der Waals surface area contributed by atoms with Gasteiger partial charge in [0.2, 0.25) is 0 Å². The Labute approximate surface area is 125 Å². The number of nitrogens with zero attached hydrogens (tertiary/aromatic N) is 2. The van der Waals surface area contributed by atoms with Crippen LogP contribution in [0.1, 0.15) is 11.4 Å². The molecule has 1 aromatic heterocycles. The first kappa shape index (κ1) is 13.4. The molecular weight excluding hydrogens is 298 g/mol. The lowest BCUT2D eigenvalue weighted by Crippen LogP contribution is -1.99. The van der Waals surface area contributed by atoms with E-state index in [0.29, 0.717) is 11.3 Å². The zero-order valence-corrected chi connectivity index (χ0v) is 12.2. The van der Waals surface area contributed by atoms with Gasteiger partial charge in [-0.05, 0) is 25.1 Å². The van der Waals surface area contributed by atoms with E-state index in [1.54, 1.807) is 6.07 Å². The second-order valence-electron chi connectivity index (χ2n) is 4.59. The quantitative estimate of drug-likeness (QED) is 0.618. The van der Waals surface area contributed by atoms with Crippen LogP contribution in [0, 0.1) is 12.7 Å². The van der Waals surface area contributed by atoms with Crippen LogP contribution in [0.15, 0.2) is 36.4 Å². The van der Waals surface area contributed by atoms with Gasteiger partial charge in [0.15, 0.2) is 0 Å². The van der Waals surface area contributed by atoms with Gasteiger partial charge in [0.05, 0.1) is 21.9 Å². The van der Waals surface area contributed by atoms with E-state index in [4.69, 9.17) is 23.2 Å². The fraction of sp³-hybridized carbons (Fsp3) is 0.133. The van der Waals surface area contributed by atoms with Gasteiger partial charge in [-0.3, -0.25) is 4.57 Å². The largest absolute Gasteiger partial charge is 0.295 e. The summed E-state index contributed by atoms with van der Waals surface area (Å²) in [6.07, 6.45) is 0. The SMILES string of the molecule is Cc1ccc(-n2c(CCl)nc3cc(F)c(Cl)cc32)cc1. The molecule has 5 heteroatoms. The summed E-state index contributed by atoms with van der Waals surface area (Å²) in [5, 5.41) is 0.0758. The summed E-state index contributed by atoms with van der Waals surface area (Å²) >= 11 is 11.8. The van der Waals surface area contributed by atoms with Crippen LogP contribution in [0.25, 0.3) is 16.7 Å². The molecule has 0 aliphatic heterocycles. The Hall–Kier alpha value is -1.58. The lowest BCUT2D eigenvalue weighted by molar-refractivity contribution is 0.630. The molecule has 102 valence electrons. The third-order valence-corrected chi connectivity index (χ3v) is 3.71. The summed E-state index contributed by atoms with van der Waals surface area (Å²) in [5.41, 5.74) is 3.38. The number of halogens is 3. The molecule has 3 aromatic rings. The average molecular weight is 309 g/mol. The number of imidazole rings is 1. The molecule has 2 nitrogen and oxygen atoms in total. The Morgan fingerprint density at radius 1 is 1.20 bits per heavy atom. The van der Waals surface area contributed by atoms with Crippen LogP contribution in [-0.4, -0.2) is 9.55 Å². The maximum absolute atomic E-state index is 13.5. The third kappa shape index (κ3) is 2.17. The summed E-state index contributed by atoms with van der Waals surface area (Å²) < 4.78 is 15.4. The molecule has 0 amide bonds. The van der Waals surface area contributed by atoms with Crippen molar-refractivity contribution in [1.82, 2.24) is 9.55 Å². The average Bonchev–Trinajstić information content (AvgIpc) is 2.78. The van der Waals surface area contributed by atoms with Crippen molar-refractivity contribution in [3.63, 3.8) is 0 Å². The van der Waals surface area contributed by atoms with Crippen molar-refractivity contribution in [2.24, 2.45) is 0 Å². The Balaban J connectivity index is 2.32. The number of benzene rings is 2. The van der Waals surface area contributed by atoms with Gasteiger partial charge in [-0.15, -0.1) is 11.6 Å². The number of alkyl halides is 1. The fourth-order valence-corrected chi connectivity index (χ4v) is 2.53. The molecule has 0 N–H and O–H groups in total. The Kier molecular flexibility index (Phi) is 3.40. The third-order valence-electron chi connectivity index (χ3n) is 3.18. The maximum atomic E-state index is 13.5. The van der Waals surface area contributed by atoms with Crippen molar-refractivity contribution in [1.29, 1.82) is 0 Å². The van der Waals surface area contributed by atoms with Crippen LogP contribution in [0.4, 0.5) is 4.39 Å². The second-order valence-corrected chi connectivity index (χ2v) is 5.26. The minimum absolute atomic E-state index is 0.0758. The highest BCUT2D eigenvalue weighted by molar-refractivity contribution is 6.31. The molecule has 0 unspecified atom stereocenters. The number of rotatable bonds is 2. The molecule has 0 atom stereocenters. The van der Waals surface area contributed by atoms with Gasteiger partial charge in [0, 0.05) is 11.8 Å². The zero-order valence-electron chi connectivity index (χ0n) is 10.7. The predicted molar refractivity (Wildman–Crippen MR) is 80.3 cm³/mol. The molecule has 0 aliphatic carbocycles. The molecule has 2 aromatic carbocycles. The first-order valence-electron chi connectivity index (χ1n) is 6.09. The van der Waals surface area contributed by atoms with E-state index < -0.39 is 5.82 Å². The first-order valence-corrected chi connectivity index (χ1v) is 7.01. The van der Waals surface area contributed by atoms with Gasteiger partial charge >= 0.3 is 0 Å². The van der Waals surface area contributed by atoms with Gasteiger partial charge in [-0.25, -0.2) is 9.37 Å². The molecule has 0 spiro atoms. The number of hydrogen-bond donors (Lipinski definition) is 0. The van der Waals surface area contributed by atoms with Crippen LogP contribution >= 0.6 is 23.2 Å². The Morgan fingerprint density at radius 2 is 1.90 bits per heavy atom. The summed E-state index contributed by atoms with van der Waals surface area (Å²) in [5.74, 6) is 0.419. The molecule has 1 heterocycles. The fourth-order valence-electron chi connectivity index (χ4n) is 2.19. The van der Waals surface area contributed by atoms with Crippen molar-refractivity contribution in [3.05, 3.63) is 58.6 Å². The van der Waals surface area contributed by atoms with E-state index in [2.05, 4.69) is 4.98 Å². The molecule has 0 saturated carbocycles. The predicted octanol–water partition coefficient (Wildman–Crippen LogP) is 4.87. The van der Waals surface area contributed by atoms with Crippen molar-refractivity contribution >= 4 is 34.2 Å². The molecular formula is C15H11Cl2FN2. The van der Waals surface area contributed by atoms with Crippen molar-refractivity contribution in [3.8, 4) is 5.69 Å². The van der Waals surface area contributed by atoms with E-state index in [9.17, 15) is 4.39 Å². The standard InChI is InChI=1S/C15H11Cl2FN2/c1-9-2-4-10(5-3-9)20-14-6-11(17)12(18)7-13(14)19-15(20)8-16/h2-7H,8H2,1H3. The maximum Gasteiger partial charge on any atom is 0.144 e. The van der Waals surface area contributed by atoms with Gasteiger partial charge in [0.25, 0.3) is 0 Å².